The summed E-state index contributed by atoms with van der Waals surface area (Å²) in [6, 6.07) is 11.2. The zero-order valence-electron chi connectivity index (χ0n) is 15.6. The number of aromatic nitrogens is 2. The second-order valence-electron chi connectivity index (χ2n) is 6.01. The molecule has 0 fully saturated rings. The monoisotopic (exact) mass is 433 g/mol. The van der Waals surface area contributed by atoms with Gasteiger partial charge in [0.1, 0.15) is 10.8 Å². The first kappa shape index (κ1) is 20.8. The van der Waals surface area contributed by atoms with E-state index in [2.05, 4.69) is 15.5 Å². The molecular weight excluding hydrogens is 414 g/mol. The lowest BCUT2D eigenvalue weighted by atomic mass is 10.2. The number of aryl methyl sites for hydroxylation is 2. The van der Waals surface area contributed by atoms with E-state index in [9.17, 15) is 4.79 Å². The molecule has 0 aliphatic carbocycles. The number of nitrogens with one attached hydrogen (secondary N) is 1. The number of pyridine rings is 1. The topological polar surface area (TPSA) is 68.0 Å². The first-order valence-electron chi connectivity index (χ1n) is 8.70. The number of hydrogen-bond acceptors (Lipinski definition) is 6. The summed E-state index contributed by atoms with van der Waals surface area (Å²) in [4.78, 5) is 18.1. The molecule has 0 saturated heterocycles. The van der Waals surface area contributed by atoms with Crippen LogP contribution in [0.3, 0.4) is 0 Å². The second-order valence-corrected chi connectivity index (χ2v) is 8.57. The van der Waals surface area contributed by atoms with Gasteiger partial charge in [-0.2, -0.15) is 0 Å². The predicted molar refractivity (Wildman–Crippen MR) is 114 cm³/mol. The first-order chi connectivity index (χ1) is 13.5. The van der Waals surface area contributed by atoms with E-state index in [0.29, 0.717) is 22.9 Å². The van der Waals surface area contributed by atoms with Gasteiger partial charge in [0.25, 0.3) is 5.91 Å². The molecule has 0 bridgehead atoms. The van der Waals surface area contributed by atoms with Crippen LogP contribution < -0.4 is 5.32 Å². The highest BCUT2D eigenvalue weighted by Crippen LogP contribution is 2.27. The fourth-order valence-electron chi connectivity index (χ4n) is 2.49. The molecule has 146 valence electrons. The van der Waals surface area contributed by atoms with Gasteiger partial charge in [-0.25, -0.2) is 4.98 Å². The Bertz CT molecular complexity index is 925. The maximum atomic E-state index is 12.6. The Kier molecular flexibility index (Phi) is 7.42. The highest BCUT2D eigenvalue weighted by atomic mass is 35.5. The lowest BCUT2D eigenvalue weighted by molar-refractivity contribution is 0.0952. The van der Waals surface area contributed by atoms with Gasteiger partial charge in [0.15, 0.2) is 0 Å². The summed E-state index contributed by atoms with van der Waals surface area (Å²) in [6.45, 7) is 4.37. The number of amides is 1. The van der Waals surface area contributed by atoms with E-state index in [1.165, 1.54) is 11.8 Å². The molecule has 0 aliphatic heterocycles. The maximum absolute atomic E-state index is 12.6. The molecule has 1 N–H and O–H groups in total. The average molecular weight is 434 g/mol. The molecule has 0 radical (unpaired) electrons. The van der Waals surface area contributed by atoms with Gasteiger partial charge in [0.2, 0.25) is 0 Å². The Labute approximate surface area is 177 Å². The van der Waals surface area contributed by atoms with Crippen molar-refractivity contribution in [3.05, 3.63) is 70.2 Å². The minimum atomic E-state index is -0.119. The van der Waals surface area contributed by atoms with Crippen LogP contribution in [0.4, 0.5) is 0 Å². The van der Waals surface area contributed by atoms with Crippen LogP contribution in [-0.4, -0.2) is 28.3 Å². The summed E-state index contributed by atoms with van der Waals surface area (Å²) in [7, 11) is 0. The van der Waals surface area contributed by atoms with E-state index in [1.807, 2.05) is 38.1 Å². The summed E-state index contributed by atoms with van der Waals surface area (Å²) in [5.74, 6) is 2.11. The molecule has 28 heavy (non-hydrogen) atoms. The van der Waals surface area contributed by atoms with Crippen LogP contribution in [0.25, 0.3) is 0 Å². The highest BCUT2D eigenvalue weighted by Gasteiger charge is 2.15. The van der Waals surface area contributed by atoms with Gasteiger partial charge in [0.05, 0.1) is 11.3 Å². The molecule has 0 aliphatic rings. The second kappa shape index (κ2) is 10.0. The van der Waals surface area contributed by atoms with Crippen molar-refractivity contribution in [2.75, 3.05) is 12.3 Å². The van der Waals surface area contributed by atoms with E-state index in [0.717, 1.165) is 32.7 Å². The van der Waals surface area contributed by atoms with Crippen LogP contribution in [0.15, 0.2) is 57.0 Å². The fraction of sp³-hybridized carbons (Fsp3) is 0.250. The Morgan fingerprint density at radius 2 is 1.96 bits per heavy atom. The van der Waals surface area contributed by atoms with Crippen molar-refractivity contribution in [2.24, 2.45) is 0 Å². The number of carbonyl (C=O) groups is 1. The van der Waals surface area contributed by atoms with Gasteiger partial charge in [-0.05, 0) is 50.2 Å². The van der Waals surface area contributed by atoms with Gasteiger partial charge in [-0.3, -0.25) is 4.79 Å². The Hall–Kier alpha value is -1.96. The number of carbonyl (C=O) groups excluding carboxylic acids is 1. The lowest BCUT2D eigenvalue weighted by Gasteiger charge is -2.09. The van der Waals surface area contributed by atoms with Gasteiger partial charge in [0, 0.05) is 39.7 Å². The van der Waals surface area contributed by atoms with Crippen molar-refractivity contribution >= 4 is 41.0 Å². The quantitative estimate of drug-likeness (QED) is 0.391. The molecule has 8 heteroatoms. The van der Waals surface area contributed by atoms with Crippen molar-refractivity contribution in [3.63, 3.8) is 0 Å². The molecule has 5 nitrogen and oxygen atoms in total. The summed E-state index contributed by atoms with van der Waals surface area (Å²) >= 11 is 9.07. The number of benzene rings is 1. The molecule has 2 aromatic heterocycles. The molecule has 0 unspecified atom stereocenters. The summed E-state index contributed by atoms with van der Waals surface area (Å²) in [5, 5.41) is 8.35. The molecule has 3 aromatic rings. The molecule has 0 spiro atoms. The fourth-order valence-corrected chi connectivity index (χ4v) is 4.53. The van der Waals surface area contributed by atoms with Crippen molar-refractivity contribution < 1.29 is 9.32 Å². The zero-order chi connectivity index (χ0) is 19.9. The zero-order valence-corrected chi connectivity index (χ0v) is 18.0. The van der Waals surface area contributed by atoms with Crippen molar-refractivity contribution in [3.8, 4) is 0 Å². The first-order valence-corrected chi connectivity index (χ1v) is 11.1. The summed E-state index contributed by atoms with van der Waals surface area (Å²) < 4.78 is 5.20. The molecule has 2 heterocycles. The van der Waals surface area contributed by atoms with E-state index in [-0.39, 0.29) is 5.91 Å². The van der Waals surface area contributed by atoms with Crippen LogP contribution in [-0.2, 0) is 5.75 Å². The van der Waals surface area contributed by atoms with Crippen LogP contribution in [0.2, 0.25) is 5.02 Å². The highest BCUT2D eigenvalue weighted by molar-refractivity contribution is 7.99. The van der Waals surface area contributed by atoms with E-state index in [1.54, 1.807) is 30.1 Å². The van der Waals surface area contributed by atoms with Crippen molar-refractivity contribution in [2.45, 2.75) is 29.5 Å². The standard InChI is InChI=1S/C20H20ClN3O2S2/c1-13-18(14(2)26-24-13)12-28-20-17(4-3-9-23-20)19(25)22-10-11-27-16-7-5-15(21)6-8-16/h3-9H,10-12H2,1-2H3,(H,22,25). The summed E-state index contributed by atoms with van der Waals surface area (Å²) in [6.07, 6.45) is 1.70. The predicted octanol–water partition coefficient (Wildman–Crippen LogP) is 5.15. The normalized spacial score (nSPS) is 10.8. The molecule has 1 amide bonds. The number of nitrogens with zero attached hydrogens (tertiary/aromatic N) is 2. The number of halogens is 1. The largest absolute Gasteiger partial charge is 0.361 e. The van der Waals surface area contributed by atoms with Gasteiger partial charge in [-0.15, -0.1) is 23.5 Å². The van der Waals surface area contributed by atoms with E-state index >= 15 is 0 Å². The van der Waals surface area contributed by atoms with Crippen LogP contribution >= 0.6 is 35.1 Å². The van der Waals surface area contributed by atoms with Crippen molar-refractivity contribution in [1.82, 2.24) is 15.5 Å². The smallest absolute Gasteiger partial charge is 0.254 e. The van der Waals surface area contributed by atoms with Gasteiger partial charge >= 0.3 is 0 Å². The van der Waals surface area contributed by atoms with Crippen LogP contribution in [0.5, 0.6) is 0 Å². The molecule has 0 atom stereocenters. The van der Waals surface area contributed by atoms with Crippen LogP contribution in [0, 0.1) is 13.8 Å². The average Bonchev–Trinajstić information content (AvgIpc) is 3.02. The van der Waals surface area contributed by atoms with E-state index in [4.69, 9.17) is 16.1 Å². The van der Waals surface area contributed by atoms with Crippen molar-refractivity contribution in [1.29, 1.82) is 0 Å². The summed E-state index contributed by atoms with van der Waals surface area (Å²) in [5.41, 5.74) is 2.49. The minimum absolute atomic E-state index is 0.119. The Morgan fingerprint density at radius 3 is 2.68 bits per heavy atom. The maximum Gasteiger partial charge on any atom is 0.254 e. The van der Waals surface area contributed by atoms with Crippen LogP contribution in [0.1, 0.15) is 27.4 Å². The third kappa shape index (κ3) is 5.53. The third-order valence-corrected chi connectivity index (χ3v) is 6.32. The lowest BCUT2D eigenvalue weighted by Crippen LogP contribution is -2.26. The Balaban J connectivity index is 1.54. The number of rotatable bonds is 8. The molecule has 0 saturated carbocycles. The minimum Gasteiger partial charge on any atom is -0.361 e. The Morgan fingerprint density at radius 1 is 1.18 bits per heavy atom. The molecule has 1 aromatic carbocycles. The van der Waals surface area contributed by atoms with Gasteiger partial charge < -0.3 is 9.84 Å². The molecular formula is C20H20ClN3O2S2. The SMILES string of the molecule is Cc1noc(C)c1CSc1ncccc1C(=O)NCCSc1ccc(Cl)cc1. The number of thioether (sulfide) groups is 2. The third-order valence-electron chi connectivity index (χ3n) is 4.02. The molecule has 3 rings (SSSR count). The van der Waals surface area contributed by atoms with Gasteiger partial charge in [-0.1, -0.05) is 16.8 Å². The number of hydrogen-bond donors (Lipinski definition) is 1. The van der Waals surface area contributed by atoms with E-state index < -0.39 is 0 Å².